The summed E-state index contributed by atoms with van der Waals surface area (Å²) in [6, 6.07) is 15.3. The van der Waals surface area contributed by atoms with Crippen molar-refractivity contribution in [1.82, 2.24) is 9.80 Å². The summed E-state index contributed by atoms with van der Waals surface area (Å²) < 4.78 is 10.7. The third-order valence-electron chi connectivity index (χ3n) is 6.52. The molecular formula is C28H32N2O4S. The highest BCUT2D eigenvalue weighted by Crippen LogP contribution is 2.39. The molecule has 1 aliphatic rings. The molecule has 1 unspecified atom stereocenters. The van der Waals surface area contributed by atoms with Crippen molar-refractivity contribution in [3.63, 3.8) is 0 Å². The third-order valence-corrected chi connectivity index (χ3v) is 7.51. The minimum Gasteiger partial charge on any atom is -0.497 e. The number of benzene rings is 2. The van der Waals surface area contributed by atoms with Crippen molar-refractivity contribution in [2.45, 2.75) is 32.7 Å². The van der Waals surface area contributed by atoms with Gasteiger partial charge in [-0.2, -0.15) is 0 Å². The molecule has 1 atom stereocenters. The fourth-order valence-electron chi connectivity index (χ4n) is 4.74. The normalized spacial score (nSPS) is 14.9. The molecule has 0 aliphatic carbocycles. The predicted octanol–water partition coefficient (Wildman–Crippen LogP) is 5.10. The van der Waals surface area contributed by atoms with E-state index >= 15 is 0 Å². The fraction of sp³-hybridized carbons (Fsp3) is 0.357. The van der Waals surface area contributed by atoms with E-state index in [4.69, 9.17) is 9.47 Å². The van der Waals surface area contributed by atoms with Gasteiger partial charge in [0, 0.05) is 24.0 Å². The van der Waals surface area contributed by atoms with Crippen LogP contribution >= 0.6 is 11.3 Å². The van der Waals surface area contributed by atoms with Crippen LogP contribution in [0.15, 0.2) is 53.9 Å². The summed E-state index contributed by atoms with van der Waals surface area (Å²) in [6.07, 6.45) is 1.57. The molecule has 7 heteroatoms. The second-order valence-electron chi connectivity index (χ2n) is 8.69. The number of hydrogen-bond acceptors (Lipinski definition) is 5. The van der Waals surface area contributed by atoms with Gasteiger partial charge in [-0.25, -0.2) is 0 Å². The van der Waals surface area contributed by atoms with Gasteiger partial charge in [-0.3, -0.25) is 9.59 Å². The van der Waals surface area contributed by atoms with Gasteiger partial charge in [0.25, 0.3) is 5.91 Å². The van der Waals surface area contributed by atoms with Crippen LogP contribution in [0, 0.1) is 6.92 Å². The Balaban J connectivity index is 1.63. The quantitative estimate of drug-likeness (QED) is 0.439. The summed E-state index contributed by atoms with van der Waals surface area (Å²) in [5.74, 6) is 0.767. The second kappa shape index (κ2) is 11.0. The third kappa shape index (κ3) is 5.05. The average molecular weight is 493 g/mol. The van der Waals surface area contributed by atoms with E-state index in [9.17, 15) is 9.59 Å². The maximum atomic E-state index is 13.8. The molecule has 0 radical (unpaired) electrons. The molecule has 0 fully saturated rings. The van der Waals surface area contributed by atoms with Crippen molar-refractivity contribution >= 4 is 23.2 Å². The number of hydrogen-bond donors (Lipinski definition) is 0. The Kier molecular flexibility index (Phi) is 7.76. The minimum atomic E-state index is -0.222. The molecule has 35 heavy (non-hydrogen) atoms. The molecule has 2 heterocycles. The lowest BCUT2D eigenvalue weighted by molar-refractivity contribution is -0.134. The summed E-state index contributed by atoms with van der Waals surface area (Å²) >= 11 is 1.75. The molecule has 0 N–H and O–H groups in total. The second-order valence-corrected chi connectivity index (χ2v) is 9.69. The first-order chi connectivity index (χ1) is 17.0. The molecule has 1 aliphatic heterocycles. The lowest BCUT2D eigenvalue weighted by Crippen LogP contribution is -2.47. The van der Waals surface area contributed by atoms with Crippen LogP contribution in [0.25, 0.3) is 0 Å². The predicted molar refractivity (Wildman–Crippen MR) is 138 cm³/mol. The highest BCUT2D eigenvalue weighted by Gasteiger charge is 2.35. The van der Waals surface area contributed by atoms with E-state index in [-0.39, 0.29) is 24.4 Å². The minimum absolute atomic E-state index is 0.0176. The molecule has 184 valence electrons. The van der Waals surface area contributed by atoms with Gasteiger partial charge in [0.05, 0.1) is 25.8 Å². The van der Waals surface area contributed by atoms with Gasteiger partial charge in [0.2, 0.25) is 5.91 Å². The zero-order chi connectivity index (χ0) is 24.9. The summed E-state index contributed by atoms with van der Waals surface area (Å²) in [5, 5.41) is 2.10. The molecule has 4 rings (SSSR count). The molecule has 2 aromatic carbocycles. The monoisotopic (exact) mass is 492 g/mol. The Hall–Kier alpha value is -3.32. The van der Waals surface area contributed by atoms with Crippen molar-refractivity contribution in [2.24, 2.45) is 0 Å². The number of carbonyl (C=O) groups excluding carboxylic acids is 2. The van der Waals surface area contributed by atoms with Gasteiger partial charge in [-0.15, -0.1) is 11.3 Å². The number of ether oxygens (including phenoxy) is 2. The lowest BCUT2D eigenvalue weighted by atomic mass is 9.90. The molecule has 1 aromatic heterocycles. The number of aryl methyl sites for hydroxylation is 1. The van der Waals surface area contributed by atoms with E-state index in [0.29, 0.717) is 30.2 Å². The standard InChI is InChI=1S/C28H32N2O4S/c1-5-14-29(28(32)22-11-10-20(33-3)17-24(22)34-4)18-26(31)30-15-12-25-23(13-16-35-25)27(30)21-9-7-6-8-19(21)2/h6-11,13,16-17,27H,5,12,14-15,18H2,1-4H3. The van der Waals surface area contributed by atoms with Crippen molar-refractivity contribution in [3.05, 3.63) is 81.0 Å². The number of thiophene rings is 1. The fourth-order valence-corrected chi connectivity index (χ4v) is 5.64. The van der Waals surface area contributed by atoms with Gasteiger partial charge >= 0.3 is 0 Å². The maximum absolute atomic E-state index is 13.8. The zero-order valence-electron chi connectivity index (χ0n) is 20.7. The van der Waals surface area contributed by atoms with Gasteiger partial charge in [-0.05, 0) is 60.0 Å². The van der Waals surface area contributed by atoms with Crippen molar-refractivity contribution in [3.8, 4) is 11.5 Å². The largest absolute Gasteiger partial charge is 0.497 e. The van der Waals surface area contributed by atoms with Crippen LogP contribution < -0.4 is 9.47 Å². The number of fused-ring (bicyclic) bond motifs is 1. The summed E-state index contributed by atoms with van der Waals surface area (Å²) in [7, 11) is 3.10. The highest BCUT2D eigenvalue weighted by molar-refractivity contribution is 7.10. The molecule has 3 aromatic rings. The van der Waals surface area contributed by atoms with E-state index in [1.165, 1.54) is 17.6 Å². The Morgan fingerprint density at radius 3 is 2.60 bits per heavy atom. The van der Waals surface area contributed by atoms with Crippen LogP contribution in [-0.2, 0) is 11.2 Å². The van der Waals surface area contributed by atoms with Gasteiger partial charge in [-0.1, -0.05) is 31.2 Å². The van der Waals surface area contributed by atoms with E-state index in [1.807, 2.05) is 24.0 Å². The number of rotatable bonds is 8. The Morgan fingerprint density at radius 1 is 1.09 bits per heavy atom. The topological polar surface area (TPSA) is 59.1 Å². The van der Waals surface area contributed by atoms with Crippen molar-refractivity contribution < 1.29 is 19.1 Å². The van der Waals surface area contributed by atoms with Gasteiger partial charge in [0.1, 0.15) is 18.0 Å². The number of methoxy groups -OCH3 is 2. The summed E-state index contributed by atoms with van der Waals surface area (Å²) in [6.45, 7) is 5.22. The average Bonchev–Trinajstić information content (AvgIpc) is 3.36. The van der Waals surface area contributed by atoms with E-state index in [1.54, 1.807) is 41.5 Å². The molecule has 0 spiro atoms. The molecule has 0 saturated carbocycles. The van der Waals surface area contributed by atoms with E-state index in [0.717, 1.165) is 24.0 Å². The zero-order valence-corrected chi connectivity index (χ0v) is 21.6. The number of carbonyl (C=O) groups is 2. The number of nitrogens with zero attached hydrogens (tertiary/aromatic N) is 2. The SMILES string of the molecule is CCCN(CC(=O)N1CCc2sccc2C1c1ccccc1C)C(=O)c1ccc(OC)cc1OC. The molecule has 0 saturated heterocycles. The van der Waals surface area contributed by atoms with Crippen LogP contribution in [0.4, 0.5) is 0 Å². The summed E-state index contributed by atoms with van der Waals surface area (Å²) in [4.78, 5) is 32.2. The summed E-state index contributed by atoms with van der Waals surface area (Å²) in [5.41, 5.74) is 3.89. The van der Waals surface area contributed by atoms with Gasteiger partial charge < -0.3 is 19.3 Å². The highest BCUT2D eigenvalue weighted by atomic mass is 32.1. The Morgan fingerprint density at radius 2 is 1.89 bits per heavy atom. The molecule has 6 nitrogen and oxygen atoms in total. The number of amides is 2. The van der Waals surface area contributed by atoms with Crippen LogP contribution in [0.3, 0.4) is 0 Å². The van der Waals surface area contributed by atoms with Crippen LogP contribution in [-0.4, -0.2) is 55.5 Å². The van der Waals surface area contributed by atoms with Crippen LogP contribution in [0.2, 0.25) is 0 Å². The maximum Gasteiger partial charge on any atom is 0.258 e. The van der Waals surface area contributed by atoms with Gasteiger partial charge in [0.15, 0.2) is 0 Å². The van der Waals surface area contributed by atoms with Crippen molar-refractivity contribution in [2.75, 3.05) is 33.9 Å². The molecular weight excluding hydrogens is 460 g/mol. The van der Waals surface area contributed by atoms with Crippen LogP contribution in [0.5, 0.6) is 11.5 Å². The van der Waals surface area contributed by atoms with Crippen LogP contribution in [0.1, 0.15) is 51.3 Å². The first-order valence-electron chi connectivity index (χ1n) is 11.9. The smallest absolute Gasteiger partial charge is 0.258 e. The Labute approximate surface area is 211 Å². The van der Waals surface area contributed by atoms with E-state index < -0.39 is 0 Å². The van der Waals surface area contributed by atoms with Crippen molar-refractivity contribution in [1.29, 1.82) is 0 Å². The first-order valence-corrected chi connectivity index (χ1v) is 12.8. The first kappa shape index (κ1) is 24.8. The molecule has 0 bridgehead atoms. The Bertz CT molecular complexity index is 1210. The lowest BCUT2D eigenvalue weighted by Gasteiger charge is -2.38. The van der Waals surface area contributed by atoms with E-state index in [2.05, 4.69) is 30.5 Å². The molecule has 2 amide bonds.